The average molecular weight is 476 g/mol. The van der Waals surface area contributed by atoms with E-state index in [1.54, 1.807) is 0 Å². The second kappa shape index (κ2) is 10.1. The first-order chi connectivity index (χ1) is 15.8. The third kappa shape index (κ3) is 4.81. The van der Waals surface area contributed by atoms with Crippen LogP contribution in [0.15, 0.2) is 42.6 Å². The van der Waals surface area contributed by atoms with Crippen molar-refractivity contribution in [3.63, 3.8) is 0 Å². The summed E-state index contributed by atoms with van der Waals surface area (Å²) in [6.45, 7) is 2.13. The van der Waals surface area contributed by atoms with Crippen LogP contribution in [0.5, 0.6) is 0 Å². The summed E-state index contributed by atoms with van der Waals surface area (Å²) in [5, 5.41) is 51.1. The van der Waals surface area contributed by atoms with E-state index in [1.807, 2.05) is 54.1 Å². The molecule has 0 bridgehead atoms. The molecule has 8 heteroatoms. The van der Waals surface area contributed by atoms with E-state index < -0.39 is 37.1 Å². The Kier molecular flexibility index (Phi) is 7.40. The molecule has 0 aliphatic carbocycles. The lowest BCUT2D eigenvalue weighted by molar-refractivity contribution is -0.231. The first-order valence-electron chi connectivity index (χ1n) is 11.1. The summed E-state index contributed by atoms with van der Waals surface area (Å²) in [6.07, 6.45) is -2.78. The maximum atomic E-state index is 10.7. The molecule has 1 saturated heterocycles. The van der Waals surface area contributed by atoms with Crippen molar-refractivity contribution in [2.75, 3.05) is 13.2 Å². The smallest absolute Gasteiger partial charge is 0.114 e. The maximum Gasteiger partial charge on any atom is 0.114 e. The van der Waals surface area contributed by atoms with Crippen LogP contribution < -0.4 is 0 Å². The second-order valence-electron chi connectivity index (χ2n) is 8.75. The molecule has 33 heavy (non-hydrogen) atoms. The van der Waals surface area contributed by atoms with Gasteiger partial charge in [-0.15, -0.1) is 0 Å². The van der Waals surface area contributed by atoms with Crippen molar-refractivity contribution < 1.29 is 30.3 Å². The van der Waals surface area contributed by atoms with Crippen molar-refractivity contribution in [1.82, 2.24) is 4.57 Å². The van der Waals surface area contributed by atoms with Gasteiger partial charge in [0.15, 0.2) is 0 Å². The number of aliphatic hydroxyl groups excluding tert-OH is 5. The van der Waals surface area contributed by atoms with Crippen LogP contribution in [0.25, 0.3) is 10.9 Å². The second-order valence-corrected chi connectivity index (χ2v) is 9.16. The highest BCUT2D eigenvalue weighted by Crippen LogP contribution is 2.39. The number of aliphatic hydroxyl groups is 5. The van der Waals surface area contributed by atoms with E-state index in [9.17, 15) is 20.4 Å². The fourth-order valence-electron chi connectivity index (χ4n) is 4.55. The Hall–Kier alpha value is -1.97. The fourth-order valence-corrected chi connectivity index (χ4v) is 4.93. The van der Waals surface area contributed by atoms with Gasteiger partial charge in [-0.25, -0.2) is 0 Å². The first kappa shape index (κ1) is 24.2. The van der Waals surface area contributed by atoms with Gasteiger partial charge in [-0.3, -0.25) is 0 Å². The van der Waals surface area contributed by atoms with E-state index >= 15 is 0 Å². The molecule has 7 nitrogen and oxygen atoms in total. The maximum absolute atomic E-state index is 10.7. The molecule has 4 rings (SSSR count). The number of aromatic nitrogens is 1. The van der Waals surface area contributed by atoms with Gasteiger partial charge >= 0.3 is 0 Å². The predicted octanol–water partition coefficient (Wildman–Crippen LogP) is 2.09. The van der Waals surface area contributed by atoms with E-state index in [4.69, 9.17) is 21.4 Å². The quantitative estimate of drug-likeness (QED) is 0.357. The van der Waals surface area contributed by atoms with Gasteiger partial charge < -0.3 is 34.8 Å². The third-order valence-electron chi connectivity index (χ3n) is 6.30. The van der Waals surface area contributed by atoms with Crippen LogP contribution in [0.3, 0.4) is 0 Å². The summed E-state index contributed by atoms with van der Waals surface area (Å²) in [5.74, 6) is 0. The minimum absolute atomic E-state index is 0.162. The van der Waals surface area contributed by atoms with Gasteiger partial charge in [-0.2, -0.15) is 0 Å². The lowest BCUT2D eigenvalue weighted by atomic mass is 9.91. The van der Waals surface area contributed by atoms with Crippen LogP contribution in [0.2, 0.25) is 5.02 Å². The van der Waals surface area contributed by atoms with Crippen molar-refractivity contribution >= 4 is 22.5 Å². The highest BCUT2D eigenvalue weighted by Gasteiger charge is 2.44. The zero-order valence-corrected chi connectivity index (χ0v) is 19.2. The Balaban J connectivity index is 1.73. The lowest BCUT2D eigenvalue weighted by Gasteiger charge is -2.40. The van der Waals surface area contributed by atoms with Gasteiger partial charge in [-0.1, -0.05) is 35.9 Å². The SMILES string of the molecule is Cc1cc(Cl)c2c(c1)c([C@@H]1O[C@H](CO)[C@@H](O)[C@H](O)[C@H]1O)cn2Cc1ccc(CCCO)cc1. The molecule has 2 heterocycles. The number of hydrogen-bond acceptors (Lipinski definition) is 6. The molecule has 3 aromatic rings. The summed E-state index contributed by atoms with van der Waals surface area (Å²) in [5.41, 5.74) is 4.55. The van der Waals surface area contributed by atoms with Crippen molar-refractivity contribution in [1.29, 1.82) is 0 Å². The molecule has 1 aliphatic heterocycles. The number of fused-ring (bicyclic) bond motifs is 1. The molecule has 1 fully saturated rings. The topological polar surface area (TPSA) is 115 Å². The van der Waals surface area contributed by atoms with Crippen LogP contribution in [-0.4, -0.2) is 67.7 Å². The van der Waals surface area contributed by atoms with Crippen molar-refractivity contribution in [2.24, 2.45) is 0 Å². The first-order valence-corrected chi connectivity index (χ1v) is 11.5. The van der Waals surface area contributed by atoms with Gasteiger partial charge in [0, 0.05) is 30.3 Å². The van der Waals surface area contributed by atoms with Gasteiger partial charge in [0.2, 0.25) is 0 Å². The molecular formula is C25H30ClNO6. The largest absolute Gasteiger partial charge is 0.396 e. The molecule has 0 spiro atoms. The number of benzene rings is 2. The Morgan fingerprint density at radius 3 is 2.33 bits per heavy atom. The van der Waals surface area contributed by atoms with Gasteiger partial charge in [0.05, 0.1) is 17.1 Å². The molecule has 0 saturated carbocycles. The highest BCUT2D eigenvalue weighted by molar-refractivity contribution is 6.35. The zero-order chi connectivity index (χ0) is 23.7. The number of hydrogen-bond donors (Lipinski definition) is 5. The minimum Gasteiger partial charge on any atom is -0.396 e. The zero-order valence-electron chi connectivity index (χ0n) is 18.4. The number of rotatable bonds is 7. The molecule has 5 N–H and O–H groups in total. The number of aryl methyl sites for hydroxylation is 2. The lowest BCUT2D eigenvalue weighted by Crippen LogP contribution is -2.55. The van der Waals surface area contributed by atoms with Crippen LogP contribution in [0.1, 0.15) is 34.8 Å². The third-order valence-corrected chi connectivity index (χ3v) is 6.59. The molecule has 1 aliphatic rings. The van der Waals surface area contributed by atoms with Gasteiger partial charge in [0.25, 0.3) is 0 Å². The van der Waals surface area contributed by atoms with Crippen LogP contribution in [0, 0.1) is 6.92 Å². The Morgan fingerprint density at radius 2 is 1.67 bits per heavy atom. The van der Waals surface area contributed by atoms with E-state index in [0.29, 0.717) is 17.1 Å². The molecule has 1 aromatic heterocycles. The van der Waals surface area contributed by atoms with Gasteiger partial charge in [0.1, 0.15) is 30.5 Å². The molecule has 178 valence electrons. The van der Waals surface area contributed by atoms with E-state index in [1.165, 1.54) is 0 Å². The summed E-state index contributed by atoms with van der Waals surface area (Å²) in [6, 6.07) is 12.0. The Bertz CT molecular complexity index is 1100. The van der Waals surface area contributed by atoms with Crippen LogP contribution in [-0.2, 0) is 17.7 Å². The molecule has 0 amide bonds. The summed E-state index contributed by atoms with van der Waals surface area (Å²) in [7, 11) is 0. The summed E-state index contributed by atoms with van der Waals surface area (Å²) < 4.78 is 7.82. The monoisotopic (exact) mass is 475 g/mol. The van der Waals surface area contributed by atoms with E-state index in [0.717, 1.165) is 40.4 Å². The summed E-state index contributed by atoms with van der Waals surface area (Å²) >= 11 is 6.64. The molecule has 2 aromatic carbocycles. The molecular weight excluding hydrogens is 446 g/mol. The standard InChI is InChI=1S/C25H30ClNO6/c1-14-9-17-18(25-24(32)23(31)22(30)20(13-29)33-25)12-27(21(17)19(26)10-14)11-16-6-4-15(5-7-16)3-2-8-28/h4-7,9-10,12,20,22-25,28-32H,2-3,8,11,13H2,1H3/t20-,22-,23+,24-,25+/m1/s1. The summed E-state index contributed by atoms with van der Waals surface area (Å²) in [4.78, 5) is 0. The Morgan fingerprint density at radius 1 is 0.970 bits per heavy atom. The van der Waals surface area contributed by atoms with Crippen LogP contribution in [0.4, 0.5) is 0 Å². The number of halogens is 1. The molecule has 0 unspecified atom stereocenters. The average Bonchev–Trinajstić information content (AvgIpc) is 3.15. The number of nitrogens with zero attached hydrogens (tertiary/aromatic N) is 1. The number of ether oxygens (including phenoxy) is 1. The van der Waals surface area contributed by atoms with Crippen molar-refractivity contribution in [3.8, 4) is 0 Å². The molecule has 5 atom stereocenters. The fraction of sp³-hybridized carbons (Fsp3) is 0.440. The normalized spacial score (nSPS) is 25.6. The van der Waals surface area contributed by atoms with Crippen LogP contribution >= 0.6 is 11.6 Å². The van der Waals surface area contributed by atoms with Crippen molar-refractivity contribution in [2.45, 2.75) is 56.8 Å². The van der Waals surface area contributed by atoms with E-state index in [-0.39, 0.29) is 6.61 Å². The van der Waals surface area contributed by atoms with Gasteiger partial charge in [-0.05, 0) is 48.6 Å². The Labute approximate surface area is 197 Å². The minimum atomic E-state index is -1.45. The highest BCUT2D eigenvalue weighted by atomic mass is 35.5. The van der Waals surface area contributed by atoms with E-state index in [2.05, 4.69) is 0 Å². The predicted molar refractivity (Wildman–Crippen MR) is 125 cm³/mol. The molecule has 0 radical (unpaired) electrons. The van der Waals surface area contributed by atoms with Crippen molar-refractivity contribution in [3.05, 3.63) is 69.9 Å².